The minimum Gasteiger partial charge on any atom is -0.856 e. The number of carbonyl (C=O) groups is 4. The van der Waals surface area contributed by atoms with E-state index in [1.807, 2.05) is 0 Å². The number of amides is 2. The van der Waals surface area contributed by atoms with E-state index in [-0.39, 0.29) is 37.2 Å². The van der Waals surface area contributed by atoms with Crippen molar-refractivity contribution in [2.45, 2.75) is 63.8 Å². The molecule has 12 heteroatoms. The van der Waals surface area contributed by atoms with Gasteiger partial charge in [-0.2, -0.15) is 13.2 Å². The molecule has 3 rings (SSSR count). The third-order valence-corrected chi connectivity index (χ3v) is 6.79. The van der Waals surface area contributed by atoms with E-state index in [4.69, 9.17) is 4.74 Å². The van der Waals surface area contributed by atoms with Crippen molar-refractivity contribution >= 4 is 29.7 Å². The molecule has 3 aromatic carbocycles. The van der Waals surface area contributed by atoms with Crippen molar-refractivity contribution in [3.8, 4) is 0 Å². The molecule has 0 saturated carbocycles. The van der Waals surface area contributed by atoms with E-state index in [9.17, 15) is 37.5 Å². The number of nitrogens with one attached hydrogen (secondary N) is 2. The van der Waals surface area contributed by atoms with E-state index < -0.39 is 54.0 Å². The van der Waals surface area contributed by atoms with Crippen LogP contribution >= 0.6 is 0 Å². The number of aryl methyl sites for hydroxylation is 1. The van der Waals surface area contributed by atoms with Crippen molar-refractivity contribution in [3.63, 3.8) is 0 Å². The highest BCUT2D eigenvalue weighted by Gasteiger charge is 2.33. The molecule has 2 amide bonds. The first-order chi connectivity index (χ1) is 21.8. The van der Waals surface area contributed by atoms with Crippen LogP contribution in [0.5, 0.6) is 0 Å². The van der Waals surface area contributed by atoms with E-state index in [0.29, 0.717) is 11.1 Å². The van der Waals surface area contributed by atoms with Crippen molar-refractivity contribution < 1.29 is 42.2 Å². The van der Waals surface area contributed by atoms with Crippen molar-refractivity contribution in [2.24, 2.45) is 10.9 Å². The molecular weight excluding hydrogens is 603 g/mol. The Hall–Kier alpha value is -5.00. The summed E-state index contributed by atoms with van der Waals surface area (Å²) in [7, 11) is 0. The smallest absolute Gasteiger partial charge is 0.419 e. The molecule has 0 spiro atoms. The molecule has 0 aliphatic carbocycles. The fraction of sp³-hybridized carbons (Fsp3) is 0.324. The normalized spacial score (nSPS) is 13.7. The van der Waals surface area contributed by atoms with Crippen LogP contribution in [0.4, 0.5) is 13.2 Å². The SMILES string of the molecule is CC(C)C[C@H](NC(=O)[C@H](CCc1ccccc1)N=C([O-])C(F)(F)F)C(=O)N[C@@H](Cc1ccccc1)C(=O)OC(=O)c1ccccc1. The molecule has 3 aromatic rings. The van der Waals surface area contributed by atoms with Crippen molar-refractivity contribution in [1.29, 1.82) is 0 Å². The maximum absolute atomic E-state index is 13.6. The molecule has 0 aliphatic rings. The number of halogens is 3. The first-order valence-corrected chi connectivity index (χ1v) is 14.6. The average molecular weight is 639 g/mol. The lowest BCUT2D eigenvalue weighted by atomic mass is 10.00. The molecule has 0 aromatic heterocycles. The van der Waals surface area contributed by atoms with Gasteiger partial charge in [0.25, 0.3) is 0 Å². The highest BCUT2D eigenvalue weighted by atomic mass is 19.4. The lowest BCUT2D eigenvalue weighted by molar-refractivity contribution is -0.263. The number of carbonyl (C=O) groups excluding carboxylic acids is 4. The summed E-state index contributed by atoms with van der Waals surface area (Å²) in [4.78, 5) is 55.8. The fourth-order valence-electron chi connectivity index (χ4n) is 4.50. The van der Waals surface area contributed by atoms with Gasteiger partial charge in [0.2, 0.25) is 11.8 Å². The number of hydrogen-bond donors (Lipinski definition) is 2. The summed E-state index contributed by atoms with van der Waals surface area (Å²) in [6.07, 6.45) is -5.42. The largest absolute Gasteiger partial charge is 0.856 e. The van der Waals surface area contributed by atoms with Gasteiger partial charge >= 0.3 is 18.1 Å². The molecule has 46 heavy (non-hydrogen) atoms. The van der Waals surface area contributed by atoms with E-state index in [0.717, 1.165) is 0 Å². The summed E-state index contributed by atoms with van der Waals surface area (Å²) in [5.74, 6) is -6.48. The van der Waals surface area contributed by atoms with Gasteiger partial charge in [0.1, 0.15) is 18.1 Å². The van der Waals surface area contributed by atoms with E-state index in [1.54, 1.807) is 92.7 Å². The quantitative estimate of drug-likeness (QED) is 0.119. The van der Waals surface area contributed by atoms with E-state index >= 15 is 0 Å². The van der Waals surface area contributed by atoms with Crippen LogP contribution in [0, 0.1) is 5.92 Å². The zero-order chi connectivity index (χ0) is 33.7. The monoisotopic (exact) mass is 638 g/mol. The Morgan fingerprint density at radius 3 is 1.85 bits per heavy atom. The molecule has 0 unspecified atom stereocenters. The maximum atomic E-state index is 13.6. The molecule has 9 nitrogen and oxygen atoms in total. The summed E-state index contributed by atoms with van der Waals surface area (Å²) < 4.78 is 44.3. The number of aliphatic imine (C=N–C) groups is 1. The van der Waals surface area contributed by atoms with Crippen molar-refractivity contribution in [2.75, 3.05) is 0 Å². The highest BCUT2D eigenvalue weighted by Crippen LogP contribution is 2.17. The van der Waals surface area contributed by atoms with Crippen molar-refractivity contribution in [1.82, 2.24) is 10.6 Å². The van der Waals surface area contributed by atoms with Crippen LogP contribution in [-0.2, 0) is 32.0 Å². The van der Waals surface area contributed by atoms with Gasteiger partial charge in [-0.3, -0.25) is 14.6 Å². The zero-order valence-electron chi connectivity index (χ0n) is 25.3. The summed E-state index contributed by atoms with van der Waals surface area (Å²) in [5, 5.41) is 16.7. The Bertz CT molecular complexity index is 1480. The number of rotatable bonds is 14. The second-order valence-electron chi connectivity index (χ2n) is 11.0. The molecule has 0 radical (unpaired) electrons. The molecule has 0 aliphatic heterocycles. The van der Waals surface area contributed by atoms with Gasteiger partial charge in [0.05, 0.1) is 11.5 Å². The fourth-order valence-corrected chi connectivity index (χ4v) is 4.50. The lowest BCUT2D eigenvalue weighted by Crippen LogP contribution is -2.54. The molecule has 0 fully saturated rings. The molecule has 0 saturated heterocycles. The topological polar surface area (TPSA) is 137 Å². The predicted octanol–water partition coefficient (Wildman–Crippen LogP) is 3.95. The third kappa shape index (κ3) is 11.5. The van der Waals surface area contributed by atoms with Gasteiger partial charge in [0.15, 0.2) is 0 Å². The average Bonchev–Trinajstić information content (AvgIpc) is 3.02. The number of nitrogens with zero attached hydrogens (tertiary/aromatic N) is 1. The Kier molecular flexibility index (Phi) is 13.0. The maximum Gasteiger partial charge on any atom is 0.419 e. The summed E-state index contributed by atoms with van der Waals surface area (Å²) in [6, 6.07) is 20.6. The van der Waals surface area contributed by atoms with Crippen LogP contribution in [0.2, 0.25) is 0 Å². The van der Waals surface area contributed by atoms with Gasteiger partial charge in [-0.1, -0.05) is 92.7 Å². The first kappa shape index (κ1) is 35.5. The minimum atomic E-state index is -5.29. The lowest BCUT2D eigenvalue weighted by Gasteiger charge is -2.25. The van der Waals surface area contributed by atoms with Gasteiger partial charge in [0, 0.05) is 6.42 Å². The second-order valence-corrected chi connectivity index (χ2v) is 11.0. The van der Waals surface area contributed by atoms with E-state index in [1.165, 1.54) is 12.1 Å². The first-order valence-electron chi connectivity index (χ1n) is 14.6. The van der Waals surface area contributed by atoms with Crippen LogP contribution in [-0.4, -0.2) is 54.0 Å². The van der Waals surface area contributed by atoms with Gasteiger partial charge < -0.3 is 20.5 Å². The molecule has 244 valence electrons. The molecule has 0 heterocycles. The number of alkyl halides is 3. The number of ether oxygens (including phenoxy) is 1. The molecule has 0 bridgehead atoms. The standard InChI is InChI=1S/C34H36F3N3O6/c1-22(2)20-27(38-29(41)26(40-33(45)34(35,36)37)19-18-23-12-6-3-7-13-23)30(42)39-28(21-24-14-8-4-9-15-24)32(44)46-31(43)25-16-10-5-11-17-25/h3-17,22,26-28H,18-21H2,1-2H3,(H,38,41)(H,39,42)(H,40,45)/p-1/t26-,27-,28-/m0/s1. The Morgan fingerprint density at radius 2 is 1.30 bits per heavy atom. The number of benzene rings is 3. The van der Waals surface area contributed by atoms with Gasteiger partial charge in [-0.25, -0.2) is 9.59 Å². The zero-order valence-corrected chi connectivity index (χ0v) is 25.3. The van der Waals surface area contributed by atoms with Gasteiger partial charge in [-0.05, 0) is 48.4 Å². The Balaban J connectivity index is 1.83. The molecule has 2 N–H and O–H groups in total. The number of hydrogen-bond acceptors (Lipinski definition) is 7. The number of esters is 2. The Morgan fingerprint density at radius 1 is 0.783 bits per heavy atom. The highest BCUT2D eigenvalue weighted by molar-refractivity contribution is 5.99. The van der Waals surface area contributed by atoms with Crippen LogP contribution in [0.25, 0.3) is 0 Å². The van der Waals surface area contributed by atoms with Crippen molar-refractivity contribution in [3.05, 3.63) is 108 Å². The molecule has 3 atom stereocenters. The minimum absolute atomic E-state index is 0.0340. The third-order valence-electron chi connectivity index (χ3n) is 6.79. The van der Waals surface area contributed by atoms with Gasteiger partial charge in [-0.15, -0.1) is 0 Å². The molecular formula is C34H35F3N3O6-. The van der Waals surface area contributed by atoms with Crippen LogP contribution in [0.3, 0.4) is 0 Å². The Labute approximate surface area is 264 Å². The van der Waals surface area contributed by atoms with E-state index in [2.05, 4.69) is 15.6 Å². The summed E-state index contributed by atoms with van der Waals surface area (Å²) >= 11 is 0. The van der Waals surface area contributed by atoms with Crippen LogP contribution in [0.15, 0.2) is 96.0 Å². The second kappa shape index (κ2) is 16.9. The van der Waals surface area contributed by atoms with Crippen LogP contribution in [0.1, 0.15) is 48.2 Å². The summed E-state index contributed by atoms with van der Waals surface area (Å²) in [5.41, 5.74) is 1.45. The summed E-state index contributed by atoms with van der Waals surface area (Å²) in [6.45, 7) is 3.51. The predicted molar refractivity (Wildman–Crippen MR) is 162 cm³/mol. The van der Waals surface area contributed by atoms with Crippen LogP contribution < -0.4 is 15.7 Å².